The van der Waals surface area contributed by atoms with Crippen molar-refractivity contribution in [3.05, 3.63) is 106 Å². The first-order valence-electron chi connectivity index (χ1n) is 14.8. The van der Waals surface area contributed by atoms with Crippen LogP contribution in [0, 0.1) is 22.7 Å². The molecular weight excluding hydrogens is 500 g/mol. The first-order chi connectivity index (χ1) is 20.1. The smallest absolute Gasteiger partial charge is 0.0991 e. The summed E-state index contributed by atoms with van der Waals surface area (Å²) in [5.74, 6) is 0.404. The summed E-state index contributed by atoms with van der Waals surface area (Å²) in [7, 11) is 0. The molecule has 8 rings (SSSR count). The van der Waals surface area contributed by atoms with E-state index < -0.39 is 0 Å². The number of nitriles is 2. The van der Waals surface area contributed by atoms with Gasteiger partial charge in [0.15, 0.2) is 0 Å². The van der Waals surface area contributed by atoms with Gasteiger partial charge in [0.2, 0.25) is 0 Å². The number of benzene rings is 5. The summed E-state index contributed by atoms with van der Waals surface area (Å²) >= 11 is 0. The maximum Gasteiger partial charge on any atom is 0.0991 e. The first kappa shape index (κ1) is 24.0. The van der Waals surface area contributed by atoms with Crippen molar-refractivity contribution in [1.82, 2.24) is 0 Å². The highest BCUT2D eigenvalue weighted by Crippen LogP contribution is 2.49. The minimum absolute atomic E-state index is 0.404. The van der Waals surface area contributed by atoms with Crippen LogP contribution in [0.3, 0.4) is 0 Å². The normalized spacial score (nSPS) is 17.3. The van der Waals surface area contributed by atoms with E-state index in [2.05, 4.69) is 89.5 Å². The van der Waals surface area contributed by atoms with Crippen LogP contribution in [0.1, 0.15) is 59.1 Å². The molecule has 5 aromatic rings. The topological polar surface area (TPSA) is 54.1 Å². The summed E-state index contributed by atoms with van der Waals surface area (Å²) < 4.78 is 0. The highest BCUT2D eigenvalue weighted by Gasteiger charge is 2.30. The number of hydrogen-bond acceptors (Lipinski definition) is 4. The van der Waals surface area contributed by atoms with Gasteiger partial charge in [0.05, 0.1) is 23.3 Å². The van der Waals surface area contributed by atoms with E-state index in [9.17, 15) is 10.5 Å². The average molecular weight is 531 g/mol. The molecule has 0 aromatic heterocycles. The lowest BCUT2D eigenvalue weighted by Crippen LogP contribution is -2.27. The lowest BCUT2D eigenvalue weighted by atomic mass is 9.78. The van der Waals surface area contributed by atoms with Gasteiger partial charge in [-0.15, -0.1) is 0 Å². The molecule has 0 saturated heterocycles. The van der Waals surface area contributed by atoms with Crippen molar-refractivity contribution in [2.75, 3.05) is 22.9 Å². The zero-order valence-electron chi connectivity index (χ0n) is 23.2. The van der Waals surface area contributed by atoms with Crippen LogP contribution >= 0.6 is 0 Å². The summed E-state index contributed by atoms with van der Waals surface area (Å²) in [6, 6.07) is 30.9. The molecule has 1 atom stereocenters. The van der Waals surface area contributed by atoms with Gasteiger partial charge in [-0.1, -0.05) is 31.2 Å². The molecule has 0 N–H and O–H groups in total. The van der Waals surface area contributed by atoms with Crippen LogP contribution in [0.5, 0.6) is 0 Å². The number of anilines is 4. The Morgan fingerprint density at radius 1 is 0.634 bits per heavy atom. The predicted molar refractivity (Wildman–Crippen MR) is 167 cm³/mol. The predicted octanol–water partition coefficient (Wildman–Crippen LogP) is 8.56. The van der Waals surface area contributed by atoms with Gasteiger partial charge >= 0.3 is 0 Å². The van der Waals surface area contributed by atoms with Gasteiger partial charge in [-0.25, -0.2) is 0 Å². The SMILES string of the molecule is CC1Cc2ccc(N3CCCc4cc(C#N)ccc43)c3ccc4ccc(N5CCCc6cc(C#N)ccc65)c1c4c23. The molecule has 0 spiro atoms. The molecule has 0 amide bonds. The van der Waals surface area contributed by atoms with Crippen LogP contribution in [0.25, 0.3) is 21.5 Å². The Balaban J connectivity index is 1.35. The molecule has 0 fully saturated rings. The van der Waals surface area contributed by atoms with E-state index in [4.69, 9.17) is 0 Å². The summed E-state index contributed by atoms with van der Waals surface area (Å²) in [4.78, 5) is 4.98. The maximum absolute atomic E-state index is 9.48. The Kier molecular flexibility index (Phi) is 5.34. The molecule has 3 aliphatic rings. The second-order valence-corrected chi connectivity index (χ2v) is 11.9. The van der Waals surface area contributed by atoms with Crippen LogP contribution in [-0.2, 0) is 19.3 Å². The monoisotopic (exact) mass is 530 g/mol. The van der Waals surface area contributed by atoms with E-state index in [0.717, 1.165) is 56.3 Å². The molecule has 0 saturated carbocycles. The number of rotatable bonds is 2. The first-order valence-corrected chi connectivity index (χ1v) is 14.8. The molecule has 0 bridgehead atoms. The lowest BCUT2D eigenvalue weighted by molar-refractivity contribution is 0.736. The number of fused-ring (bicyclic) bond motifs is 2. The molecule has 2 heterocycles. The van der Waals surface area contributed by atoms with Gasteiger partial charge in [-0.2, -0.15) is 10.5 Å². The molecule has 5 aromatic carbocycles. The van der Waals surface area contributed by atoms with E-state index in [-0.39, 0.29) is 0 Å². The lowest BCUT2D eigenvalue weighted by Gasteiger charge is -2.37. The molecule has 1 aliphatic carbocycles. The Morgan fingerprint density at radius 3 is 1.88 bits per heavy atom. The molecule has 198 valence electrons. The van der Waals surface area contributed by atoms with Gasteiger partial charge in [-0.3, -0.25) is 0 Å². The Labute approximate surface area is 240 Å². The minimum atomic E-state index is 0.404. The van der Waals surface area contributed by atoms with Crippen molar-refractivity contribution in [3.63, 3.8) is 0 Å². The van der Waals surface area contributed by atoms with E-state index in [1.165, 1.54) is 66.5 Å². The number of hydrogen-bond donors (Lipinski definition) is 0. The van der Waals surface area contributed by atoms with Gasteiger partial charge in [0, 0.05) is 41.2 Å². The third kappa shape index (κ3) is 3.57. The molecule has 2 aliphatic heterocycles. The molecular formula is C37H30N4. The highest BCUT2D eigenvalue weighted by molar-refractivity contribution is 6.17. The van der Waals surface area contributed by atoms with E-state index in [1.54, 1.807) is 0 Å². The highest BCUT2D eigenvalue weighted by atomic mass is 15.2. The molecule has 4 nitrogen and oxygen atoms in total. The Morgan fingerprint density at radius 2 is 1.22 bits per heavy atom. The van der Waals surface area contributed by atoms with Crippen LogP contribution < -0.4 is 9.80 Å². The van der Waals surface area contributed by atoms with Crippen molar-refractivity contribution in [1.29, 1.82) is 10.5 Å². The quantitative estimate of drug-likeness (QED) is 0.215. The van der Waals surface area contributed by atoms with Crippen molar-refractivity contribution < 1.29 is 0 Å². The fraction of sp³-hybridized carbons (Fsp3) is 0.243. The van der Waals surface area contributed by atoms with Crippen molar-refractivity contribution >= 4 is 44.3 Å². The fourth-order valence-corrected chi connectivity index (χ4v) is 7.74. The van der Waals surface area contributed by atoms with Crippen LogP contribution in [0.4, 0.5) is 22.7 Å². The fourth-order valence-electron chi connectivity index (χ4n) is 7.74. The third-order valence-electron chi connectivity index (χ3n) is 9.50. The second-order valence-electron chi connectivity index (χ2n) is 11.9. The summed E-state index contributed by atoms with van der Waals surface area (Å²) in [6.07, 6.45) is 5.21. The molecule has 0 radical (unpaired) electrons. The standard InChI is InChI=1S/C37H30N4/c1-23-18-29-10-14-33(40-16-2-4-27-19-24(21-38)6-12-31(27)40)30-11-8-26-9-15-34(35(23)37(26)36(29)30)41-17-3-5-28-20-25(22-39)7-13-32(28)41/h6-15,19-20,23H,2-5,16-18H2,1H3. The van der Waals surface area contributed by atoms with Crippen LogP contribution in [0.2, 0.25) is 0 Å². The number of nitrogens with zero attached hydrogens (tertiary/aromatic N) is 4. The Hall–Kier alpha value is -4.80. The summed E-state index contributed by atoms with van der Waals surface area (Å²) in [5, 5.41) is 24.4. The zero-order chi connectivity index (χ0) is 27.7. The molecule has 4 heteroatoms. The van der Waals surface area contributed by atoms with Crippen molar-refractivity contribution in [2.45, 2.75) is 44.9 Å². The zero-order valence-corrected chi connectivity index (χ0v) is 23.2. The third-order valence-corrected chi connectivity index (χ3v) is 9.50. The average Bonchev–Trinajstić information content (AvgIpc) is 3.02. The maximum atomic E-state index is 9.48. The van der Waals surface area contributed by atoms with Crippen LogP contribution in [0.15, 0.2) is 72.8 Å². The molecule has 41 heavy (non-hydrogen) atoms. The minimum Gasteiger partial charge on any atom is -0.341 e. The van der Waals surface area contributed by atoms with E-state index in [1.807, 2.05) is 12.1 Å². The summed E-state index contributed by atoms with van der Waals surface area (Å²) in [5.41, 5.74) is 11.9. The molecule has 1 unspecified atom stereocenters. The van der Waals surface area contributed by atoms with Gasteiger partial charge in [-0.05, 0) is 125 Å². The van der Waals surface area contributed by atoms with Gasteiger partial charge < -0.3 is 9.80 Å². The Bertz CT molecular complexity index is 1990. The van der Waals surface area contributed by atoms with Crippen LogP contribution in [-0.4, -0.2) is 13.1 Å². The second kappa shape index (κ2) is 9.12. The van der Waals surface area contributed by atoms with E-state index in [0.29, 0.717) is 5.92 Å². The van der Waals surface area contributed by atoms with Gasteiger partial charge in [0.25, 0.3) is 0 Å². The number of aryl methyl sites for hydroxylation is 2. The van der Waals surface area contributed by atoms with E-state index >= 15 is 0 Å². The van der Waals surface area contributed by atoms with Crippen molar-refractivity contribution in [3.8, 4) is 12.1 Å². The summed E-state index contributed by atoms with van der Waals surface area (Å²) in [6.45, 7) is 4.34. The van der Waals surface area contributed by atoms with Crippen molar-refractivity contribution in [2.24, 2.45) is 0 Å². The van der Waals surface area contributed by atoms with Gasteiger partial charge in [0.1, 0.15) is 0 Å². The largest absolute Gasteiger partial charge is 0.341 e.